The van der Waals surface area contributed by atoms with Gasteiger partial charge in [0.05, 0.1) is 12.8 Å². The smallest absolute Gasteiger partial charge is 0.293 e. The minimum Gasteiger partial charge on any atom is -0.481 e. The van der Waals surface area contributed by atoms with Crippen LogP contribution in [0, 0.1) is 0 Å². The standard InChI is InChI=1S/C20H25N5OS.C5H10O2/c1-21-10-14-12-24-20-16(19(14)25-15-5-7-22-8-6-15)9-17(27-20)13-3-4-18(26-2)23-11-13;1-5(2,3)7-4-6/h3-4,9,11-12,15,21-22H,5-8,10H2,1-2H3,(H,24,25);4H,1-3H3. The van der Waals surface area contributed by atoms with Crippen molar-refractivity contribution >= 4 is 33.7 Å². The summed E-state index contributed by atoms with van der Waals surface area (Å²) >= 11 is 1.70. The van der Waals surface area contributed by atoms with Gasteiger partial charge in [0.1, 0.15) is 10.4 Å². The molecule has 0 radical (unpaired) electrons. The Morgan fingerprint density at radius 1 is 1.21 bits per heavy atom. The van der Waals surface area contributed by atoms with E-state index in [0.717, 1.165) is 42.9 Å². The van der Waals surface area contributed by atoms with Crippen molar-refractivity contribution in [1.82, 2.24) is 20.6 Å². The highest BCUT2D eigenvalue weighted by Gasteiger charge is 2.18. The first-order valence-electron chi connectivity index (χ1n) is 11.5. The second kappa shape index (κ2) is 12.1. The molecular formula is C25H35N5O3S. The summed E-state index contributed by atoms with van der Waals surface area (Å²) in [7, 11) is 3.61. The largest absolute Gasteiger partial charge is 0.481 e. The third-order valence-electron chi connectivity index (χ3n) is 5.33. The molecular weight excluding hydrogens is 450 g/mol. The van der Waals surface area contributed by atoms with Crippen LogP contribution in [0.3, 0.4) is 0 Å². The van der Waals surface area contributed by atoms with E-state index in [2.05, 4.69) is 31.7 Å². The molecule has 0 amide bonds. The zero-order valence-electron chi connectivity index (χ0n) is 20.6. The lowest BCUT2D eigenvalue weighted by Gasteiger charge is -2.26. The third-order valence-corrected chi connectivity index (χ3v) is 6.42. The Bertz CT molecular complexity index is 1060. The van der Waals surface area contributed by atoms with Crippen molar-refractivity contribution < 1.29 is 14.3 Å². The summed E-state index contributed by atoms with van der Waals surface area (Å²) in [5.41, 5.74) is 3.19. The van der Waals surface area contributed by atoms with Crippen molar-refractivity contribution in [3.05, 3.63) is 36.2 Å². The fourth-order valence-corrected chi connectivity index (χ4v) is 4.63. The topological polar surface area (TPSA) is 97.4 Å². The minimum absolute atomic E-state index is 0.318. The molecule has 34 heavy (non-hydrogen) atoms. The van der Waals surface area contributed by atoms with E-state index in [-0.39, 0.29) is 5.60 Å². The van der Waals surface area contributed by atoms with Crippen LogP contribution < -0.4 is 20.7 Å². The molecule has 1 fully saturated rings. The van der Waals surface area contributed by atoms with E-state index < -0.39 is 0 Å². The second-order valence-corrected chi connectivity index (χ2v) is 10.1. The van der Waals surface area contributed by atoms with Crippen LogP contribution in [0.2, 0.25) is 0 Å². The van der Waals surface area contributed by atoms with Crippen molar-refractivity contribution in [1.29, 1.82) is 0 Å². The van der Waals surface area contributed by atoms with Crippen LogP contribution >= 0.6 is 11.3 Å². The molecule has 3 N–H and O–H groups in total. The average molecular weight is 486 g/mol. The highest BCUT2D eigenvalue weighted by Crippen LogP contribution is 2.38. The summed E-state index contributed by atoms with van der Waals surface area (Å²) in [5.74, 6) is 0.627. The molecule has 0 atom stereocenters. The number of ether oxygens (including phenoxy) is 2. The summed E-state index contributed by atoms with van der Waals surface area (Å²) < 4.78 is 9.72. The minimum atomic E-state index is -0.318. The van der Waals surface area contributed by atoms with E-state index in [1.165, 1.54) is 21.5 Å². The molecule has 3 aromatic heterocycles. The van der Waals surface area contributed by atoms with Gasteiger partial charge in [0.15, 0.2) is 0 Å². The molecule has 0 aliphatic carbocycles. The van der Waals surface area contributed by atoms with E-state index in [4.69, 9.17) is 9.72 Å². The molecule has 1 aliphatic rings. The molecule has 4 heterocycles. The van der Waals surface area contributed by atoms with Gasteiger partial charge >= 0.3 is 0 Å². The number of piperidine rings is 1. The number of nitrogens with zero attached hydrogens (tertiary/aromatic N) is 2. The lowest BCUT2D eigenvalue weighted by atomic mass is 10.0. The summed E-state index contributed by atoms with van der Waals surface area (Å²) in [4.78, 5) is 20.9. The van der Waals surface area contributed by atoms with Crippen LogP contribution in [-0.4, -0.2) is 55.3 Å². The number of pyridine rings is 2. The van der Waals surface area contributed by atoms with Crippen LogP contribution in [0.25, 0.3) is 20.7 Å². The number of nitrogens with one attached hydrogen (secondary N) is 3. The molecule has 0 unspecified atom stereocenters. The summed E-state index contributed by atoms with van der Waals surface area (Å²) in [5, 5.41) is 11.7. The maximum atomic E-state index is 9.60. The fraction of sp³-hybridized carbons (Fsp3) is 0.480. The number of rotatable bonds is 7. The number of aromatic nitrogens is 2. The zero-order valence-corrected chi connectivity index (χ0v) is 21.4. The van der Waals surface area contributed by atoms with Gasteiger partial charge in [-0.2, -0.15) is 0 Å². The molecule has 0 aromatic carbocycles. The number of hydrogen-bond acceptors (Lipinski definition) is 9. The van der Waals surface area contributed by atoms with Crippen LogP contribution in [0.4, 0.5) is 5.69 Å². The van der Waals surface area contributed by atoms with Gasteiger partial charge in [-0.1, -0.05) is 0 Å². The van der Waals surface area contributed by atoms with Gasteiger partial charge in [0.2, 0.25) is 5.88 Å². The summed E-state index contributed by atoms with van der Waals surface area (Å²) in [6, 6.07) is 6.68. The van der Waals surface area contributed by atoms with E-state index in [9.17, 15) is 4.79 Å². The molecule has 0 spiro atoms. The molecule has 4 rings (SSSR count). The molecule has 0 saturated carbocycles. The van der Waals surface area contributed by atoms with Crippen molar-refractivity contribution in [2.45, 2.75) is 51.8 Å². The number of hydrogen-bond donors (Lipinski definition) is 3. The van der Waals surface area contributed by atoms with Crippen molar-refractivity contribution in [2.75, 3.05) is 32.6 Å². The first kappa shape index (κ1) is 25.9. The highest BCUT2D eigenvalue weighted by atomic mass is 32.1. The molecule has 9 heteroatoms. The molecule has 8 nitrogen and oxygen atoms in total. The monoisotopic (exact) mass is 485 g/mol. The fourth-order valence-electron chi connectivity index (χ4n) is 3.63. The van der Waals surface area contributed by atoms with Crippen LogP contribution in [-0.2, 0) is 16.1 Å². The maximum Gasteiger partial charge on any atom is 0.293 e. The molecule has 1 aliphatic heterocycles. The summed E-state index contributed by atoms with van der Waals surface area (Å²) in [6.07, 6.45) is 6.14. The Hall–Kier alpha value is -2.75. The van der Waals surface area contributed by atoms with Crippen molar-refractivity contribution in [3.8, 4) is 16.3 Å². The highest BCUT2D eigenvalue weighted by molar-refractivity contribution is 7.21. The molecule has 0 bridgehead atoms. The average Bonchev–Trinajstić information content (AvgIpc) is 3.26. The second-order valence-electron chi connectivity index (χ2n) is 9.10. The number of thiophene rings is 1. The van der Waals surface area contributed by atoms with Gasteiger partial charge in [-0.05, 0) is 65.9 Å². The Morgan fingerprint density at radius 3 is 2.53 bits per heavy atom. The Labute approximate surface area is 205 Å². The lowest BCUT2D eigenvalue weighted by Crippen LogP contribution is -2.35. The predicted molar refractivity (Wildman–Crippen MR) is 139 cm³/mol. The zero-order chi connectivity index (χ0) is 24.6. The third kappa shape index (κ3) is 7.12. The van der Waals surface area contributed by atoms with Gasteiger partial charge in [-0.15, -0.1) is 11.3 Å². The van der Waals surface area contributed by atoms with Crippen LogP contribution in [0.5, 0.6) is 5.88 Å². The van der Waals surface area contributed by atoms with Gasteiger partial charge in [-0.25, -0.2) is 9.97 Å². The van der Waals surface area contributed by atoms with Crippen LogP contribution in [0.1, 0.15) is 39.2 Å². The van der Waals surface area contributed by atoms with E-state index >= 15 is 0 Å². The number of carbonyl (C=O) groups is 1. The first-order valence-corrected chi connectivity index (χ1v) is 12.3. The first-order chi connectivity index (χ1) is 16.3. The Kier molecular flexibility index (Phi) is 9.20. The predicted octanol–water partition coefficient (Wildman–Crippen LogP) is 4.21. The normalized spacial score (nSPS) is 14.3. The number of fused-ring (bicyclic) bond motifs is 1. The van der Waals surface area contributed by atoms with Gasteiger partial charge < -0.3 is 25.4 Å². The lowest BCUT2D eigenvalue weighted by molar-refractivity contribution is -0.138. The van der Waals surface area contributed by atoms with Gasteiger partial charge in [0.25, 0.3) is 6.47 Å². The van der Waals surface area contributed by atoms with Crippen LogP contribution in [0.15, 0.2) is 30.6 Å². The van der Waals surface area contributed by atoms with E-state index in [1.54, 1.807) is 18.4 Å². The Balaban J connectivity index is 0.000000406. The number of carbonyl (C=O) groups excluding carboxylic acids is 1. The maximum absolute atomic E-state index is 9.60. The van der Waals surface area contributed by atoms with Crippen molar-refractivity contribution in [2.24, 2.45) is 0 Å². The molecule has 3 aromatic rings. The molecule has 1 saturated heterocycles. The molecule has 184 valence electrons. The van der Waals surface area contributed by atoms with E-state index in [0.29, 0.717) is 18.4 Å². The SMILES string of the molecule is CC(C)(C)OC=O.CNCc1cnc2sc(-c3ccc(OC)nc3)cc2c1NC1CCNCC1. The van der Waals surface area contributed by atoms with Crippen molar-refractivity contribution in [3.63, 3.8) is 0 Å². The van der Waals surface area contributed by atoms with E-state index in [1.807, 2.05) is 52.3 Å². The van der Waals surface area contributed by atoms with Gasteiger partial charge in [-0.3, -0.25) is 4.79 Å². The van der Waals surface area contributed by atoms with Gasteiger partial charge in [0, 0.05) is 52.4 Å². The number of methoxy groups -OCH3 is 1. The Morgan fingerprint density at radius 2 is 1.97 bits per heavy atom. The quantitative estimate of drug-likeness (QED) is 0.428. The number of anilines is 1. The summed E-state index contributed by atoms with van der Waals surface area (Å²) in [6.45, 7) is 8.86.